The fourth-order valence-corrected chi connectivity index (χ4v) is 11.4. The third-order valence-electron chi connectivity index (χ3n) is 14.5. The van der Waals surface area contributed by atoms with E-state index in [0.717, 1.165) is 37.7 Å². The molecule has 5 aliphatic rings. The maximum absolute atomic E-state index is 13.1. The summed E-state index contributed by atoms with van der Waals surface area (Å²) in [6.07, 6.45) is 3.34. The molecule has 0 radical (unpaired) electrons. The van der Waals surface area contributed by atoms with Gasteiger partial charge in [-0.05, 0) is 91.8 Å². The summed E-state index contributed by atoms with van der Waals surface area (Å²) in [6, 6.07) is 0. The predicted octanol–water partition coefficient (Wildman–Crippen LogP) is 4.54. The maximum atomic E-state index is 13.1. The first kappa shape index (κ1) is 32.2. The molecule has 5 unspecified atom stereocenters. The normalized spacial score (nSPS) is 51.3. The van der Waals surface area contributed by atoms with Crippen molar-refractivity contribution in [2.75, 3.05) is 6.61 Å². The minimum atomic E-state index is -1.45. The van der Waals surface area contributed by atoms with Crippen molar-refractivity contribution in [1.82, 2.24) is 0 Å². The van der Waals surface area contributed by atoms with Crippen molar-refractivity contribution in [1.29, 1.82) is 0 Å². The molecule has 7 heteroatoms. The number of carbonyl (C=O) groups is 1. The monoisotopic (exact) mass is 588 g/mol. The molecule has 0 aromatic rings. The van der Waals surface area contributed by atoms with Crippen LogP contribution in [-0.4, -0.2) is 68.6 Å². The van der Waals surface area contributed by atoms with E-state index in [1.165, 1.54) is 0 Å². The van der Waals surface area contributed by atoms with Gasteiger partial charge in [0.1, 0.15) is 6.10 Å². The van der Waals surface area contributed by atoms with Crippen LogP contribution in [-0.2, 0) is 9.53 Å². The molecule has 0 aliphatic heterocycles. The lowest BCUT2D eigenvalue weighted by molar-refractivity contribution is -0.290. The summed E-state index contributed by atoms with van der Waals surface area (Å²) >= 11 is 0. The van der Waals surface area contributed by atoms with E-state index in [1.807, 2.05) is 13.8 Å². The number of carbonyl (C=O) groups excluding carboxylic acids is 1. The zero-order valence-corrected chi connectivity index (χ0v) is 27.3. The zero-order chi connectivity index (χ0) is 31.4. The Morgan fingerprint density at radius 1 is 0.952 bits per heavy atom. The van der Waals surface area contributed by atoms with Gasteiger partial charge in [0.2, 0.25) is 0 Å². The Morgan fingerprint density at radius 2 is 1.60 bits per heavy atom. The maximum Gasteiger partial charge on any atom is 0.333 e. The van der Waals surface area contributed by atoms with Gasteiger partial charge in [-0.15, -0.1) is 0 Å². The van der Waals surface area contributed by atoms with Crippen molar-refractivity contribution in [3.63, 3.8) is 0 Å². The van der Waals surface area contributed by atoms with Crippen LogP contribution in [0.3, 0.4) is 0 Å². The first-order chi connectivity index (χ1) is 19.3. The third kappa shape index (κ3) is 3.79. The van der Waals surface area contributed by atoms with Crippen LogP contribution in [0.4, 0.5) is 0 Å². The SMILES string of the molecule is C/C=C(/C)C(=O)OC1C(O)C(C)(C)C[C@H]2C3=CC[C@@H]4[C@@]5(C)CCC(O)C(C)(C)[C@@H]5CC[C@@]4(C)[C@]3(C)C(O)C(O)[C@@]12CO. The summed E-state index contributed by atoms with van der Waals surface area (Å²) in [5.41, 5.74) is -2.12. The molecule has 5 rings (SSSR count). The summed E-state index contributed by atoms with van der Waals surface area (Å²) in [7, 11) is 0. The number of ether oxygens (including phenoxy) is 1. The molecule has 0 heterocycles. The van der Waals surface area contributed by atoms with Crippen LogP contribution in [0.25, 0.3) is 0 Å². The highest BCUT2D eigenvalue weighted by molar-refractivity contribution is 5.87. The van der Waals surface area contributed by atoms with Crippen LogP contribution in [0.1, 0.15) is 101 Å². The highest BCUT2D eigenvalue weighted by Gasteiger charge is 2.75. The Morgan fingerprint density at radius 3 is 2.19 bits per heavy atom. The number of fused-ring (bicyclic) bond motifs is 7. The number of rotatable bonds is 3. The fourth-order valence-electron chi connectivity index (χ4n) is 11.4. The molecule has 42 heavy (non-hydrogen) atoms. The van der Waals surface area contributed by atoms with Crippen molar-refractivity contribution in [2.24, 2.45) is 50.2 Å². The zero-order valence-electron chi connectivity index (χ0n) is 27.3. The number of aliphatic hydroxyl groups excluding tert-OH is 5. The van der Waals surface area contributed by atoms with E-state index < -0.39 is 59.2 Å². The van der Waals surface area contributed by atoms with E-state index in [0.29, 0.717) is 17.9 Å². The van der Waals surface area contributed by atoms with Crippen LogP contribution in [0.5, 0.6) is 0 Å². The average Bonchev–Trinajstić information content (AvgIpc) is 2.92. The van der Waals surface area contributed by atoms with Gasteiger partial charge in [0.25, 0.3) is 0 Å². The summed E-state index contributed by atoms with van der Waals surface area (Å²) in [5, 5.41) is 58.3. The van der Waals surface area contributed by atoms with Crippen molar-refractivity contribution in [3.05, 3.63) is 23.3 Å². The van der Waals surface area contributed by atoms with Crippen molar-refractivity contribution < 1.29 is 35.1 Å². The summed E-state index contributed by atoms with van der Waals surface area (Å²) in [5.74, 6) is -0.421. The molecule has 7 nitrogen and oxygen atoms in total. The van der Waals surface area contributed by atoms with E-state index in [-0.39, 0.29) is 28.3 Å². The summed E-state index contributed by atoms with van der Waals surface area (Å²) < 4.78 is 6.00. The van der Waals surface area contributed by atoms with Crippen molar-refractivity contribution in [3.8, 4) is 0 Å². The van der Waals surface area contributed by atoms with E-state index in [1.54, 1.807) is 19.9 Å². The molecule has 5 N–H and O–H groups in total. The highest BCUT2D eigenvalue weighted by atomic mass is 16.6. The van der Waals surface area contributed by atoms with Crippen molar-refractivity contribution in [2.45, 2.75) is 131 Å². The van der Waals surface area contributed by atoms with Crippen LogP contribution in [0.15, 0.2) is 23.3 Å². The first-order valence-electron chi connectivity index (χ1n) is 16.2. The van der Waals surface area contributed by atoms with Gasteiger partial charge in [-0.1, -0.05) is 66.2 Å². The Hall–Kier alpha value is -1.25. The molecular formula is C35H56O7. The van der Waals surface area contributed by atoms with Gasteiger partial charge < -0.3 is 30.3 Å². The fraction of sp³-hybridized carbons (Fsp3) is 0.857. The Kier molecular flexibility index (Phi) is 7.56. The first-order valence-corrected chi connectivity index (χ1v) is 16.2. The highest BCUT2D eigenvalue weighted by Crippen LogP contribution is 2.75. The van der Waals surface area contributed by atoms with E-state index >= 15 is 0 Å². The second-order valence-electron chi connectivity index (χ2n) is 16.7. The quantitative estimate of drug-likeness (QED) is 0.186. The molecule has 0 spiro atoms. The van der Waals surface area contributed by atoms with Gasteiger partial charge in [-0.25, -0.2) is 4.79 Å². The Labute approximate surface area is 252 Å². The molecule has 238 valence electrons. The van der Waals surface area contributed by atoms with Gasteiger partial charge in [0, 0.05) is 11.0 Å². The molecule has 0 amide bonds. The summed E-state index contributed by atoms with van der Waals surface area (Å²) in [4.78, 5) is 13.1. The van der Waals surface area contributed by atoms with Crippen LogP contribution >= 0.6 is 0 Å². The smallest absolute Gasteiger partial charge is 0.333 e. The lowest BCUT2D eigenvalue weighted by Gasteiger charge is -2.73. The minimum Gasteiger partial charge on any atom is -0.455 e. The van der Waals surface area contributed by atoms with Crippen LogP contribution in [0, 0.1) is 50.2 Å². The number of esters is 1. The van der Waals surface area contributed by atoms with Gasteiger partial charge >= 0.3 is 5.97 Å². The number of hydrogen-bond donors (Lipinski definition) is 5. The van der Waals surface area contributed by atoms with Crippen LogP contribution in [0.2, 0.25) is 0 Å². The molecule has 0 bridgehead atoms. The second kappa shape index (κ2) is 9.87. The molecule has 0 saturated heterocycles. The minimum absolute atomic E-state index is 0.0406. The molecule has 0 aromatic carbocycles. The van der Waals surface area contributed by atoms with Gasteiger partial charge in [0.05, 0.1) is 36.4 Å². The number of aliphatic hydroxyl groups is 5. The van der Waals surface area contributed by atoms with Crippen molar-refractivity contribution >= 4 is 5.97 Å². The Bertz CT molecular complexity index is 1170. The van der Waals surface area contributed by atoms with Gasteiger partial charge in [0.15, 0.2) is 0 Å². The Balaban J connectivity index is 1.67. The molecular weight excluding hydrogens is 532 g/mol. The number of allylic oxidation sites excluding steroid dienone is 2. The molecule has 4 fully saturated rings. The third-order valence-corrected chi connectivity index (χ3v) is 14.5. The van der Waals surface area contributed by atoms with E-state index in [2.05, 4.69) is 40.7 Å². The molecule has 4 saturated carbocycles. The van der Waals surface area contributed by atoms with Crippen LogP contribution < -0.4 is 0 Å². The topological polar surface area (TPSA) is 127 Å². The summed E-state index contributed by atoms with van der Waals surface area (Å²) in [6.45, 7) is 17.9. The molecule has 12 atom stereocenters. The number of hydrogen-bond acceptors (Lipinski definition) is 7. The second-order valence-corrected chi connectivity index (χ2v) is 16.7. The van der Waals surface area contributed by atoms with Gasteiger partial charge in [-0.2, -0.15) is 0 Å². The molecule has 0 aromatic heterocycles. The van der Waals surface area contributed by atoms with E-state index in [9.17, 15) is 30.3 Å². The average molecular weight is 589 g/mol. The largest absolute Gasteiger partial charge is 0.455 e. The predicted molar refractivity (Wildman–Crippen MR) is 161 cm³/mol. The van der Waals surface area contributed by atoms with E-state index in [4.69, 9.17) is 4.74 Å². The van der Waals surface area contributed by atoms with Gasteiger partial charge in [-0.3, -0.25) is 0 Å². The lowest BCUT2D eigenvalue weighted by Crippen LogP contribution is -2.76. The lowest BCUT2D eigenvalue weighted by atomic mass is 9.32. The molecule has 5 aliphatic carbocycles. The standard InChI is InChI=1S/C35H56O7/c1-10-19(2)29(41)42-28-27(40)30(3,4)17-21-20-11-12-23-32(7)15-14-24(37)31(5,6)22(32)13-16-33(23,8)34(20,9)25(38)26(39)35(21,28)18-36/h10-11,21-28,36-40H,12-18H2,1-9H3/b19-10-/t21-,22-,23+,24?,25?,26?,27?,28?,32-,33+,34-,35-/m0/s1.